The van der Waals surface area contributed by atoms with Gasteiger partial charge in [0, 0.05) is 37.6 Å². The second-order valence-electron chi connectivity index (χ2n) is 10.3. The van der Waals surface area contributed by atoms with E-state index in [2.05, 4.69) is 27.0 Å². The van der Waals surface area contributed by atoms with Crippen LogP contribution < -0.4 is 0 Å². The van der Waals surface area contributed by atoms with Crippen molar-refractivity contribution in [1.82, 2.24) is 28.9 Å². The zero-order valence-corrected chi connectivity index (χ0v) is 22.0. The van der Waals surface area contributed by atoms with E-state index >= 15 is 0 Å². The summed E-state index contributed by atoms with van der Waals surface area (Å²) in [6.07, 6.45) is 5.61. The maximum Gasteiger partial charge on any atom is 0.110 e. The zero-order valence-electron chi connectivity index (χ0n) is 21.1. The lowest BCUT2D eigenvalue weighted by atomic mass is 9.87. The number of ether oxygens (including phenoxy) is 1. The van der Waals surface area contributed by atoms with Gasteiger partial charge in [0.05, 0.1) is 39.4 Å². The van der Waals surface area contributed by atoms with Crippen molar-refractivity contribution in [2.24, 2.45) is 13.0 Å². The van der Waals surface area contributed by atoms with Gasteiger partial charge in [-0.15, -0.1) is 5.10 Å². The summed E-state index contributed by atoms with van der Waals surface area (Å²) in [6.45, 7) is 8.96. The van der Waals surface area contributed by atoms with Crippen LogP contribution in [0.5, 0.6) is 0 Å². The smallest absolute Gasteiger partial charge is 0.110 e. The van der Waals surface area contributed by atoms with Crippen molar-refractivity contribution in [3.63, 3.8) is 0 Å². The molecule has 1 aliphatic rings. The van der Waals surface area contributed by atoms with Crippen molar-refractivity contribution >= 4 is 32.8 Å². The first-order valence-electron chi connectivity index (χ1n) is 12.3. The second-order valence-corrected chi connectivity index (χ2v) is 11.0. The van der Waals surface area contributed by atoms with Gasteiger partial charge in [-0.2, -0.15) is 4.37 Å². The SMILES string of the molecule is Cc1cc(C(C2CCOCC2)n2c3cc(-c4c(C)nnn4C)cnc3c3snc(C(C)(C)O)c32)co1. The summed E-state index contributed by atoms with van der Waals surface area (Å²) in [5.74, 6) is 1.20. The van der Waals surface area contributed by atoms with E-state index in [1.807, 2.05) is 33.4 Å². The molecular weight excluding hydrogens is 476 g/mol. The number of furan rings is 1. The molecule has 1 aliphatic heterocycles. The number of fused-ring (bicyclic) bond motifs is 3. The fraction of sp³-hybridized carbons (Fsp3) is 0.462. The predicted molar refractivity (Wildman–Crippen MR) is 138 cm³/mol. The maximum absolute atomic E-state index is 11.1. The minimum atomic E-state index is -1.11. The minimum absolute atomic E-state index is 0.0216. The Balaban J connectivity index is 1.70. The Labute approximate surface area is 212 Å². The van der Waals surface area contributed by atoms with Crippen LogP contribution in [0.3, 0.4) is 0 Å². The average Bonchev–Trinajstić information content (AvgIpc) is 3.60. The Morgan fingerprint density at radius 2 is 1.97 bits per heavy atom. The topological polar surface area (TPSA) is 104 Å². The molecule has 0 spiro atoms. The Bertz CT molecular complexity index is 1540. The van der Waals surface area contributed by atoms with Gasteiger partial charge in [0.2, 0.25) is 0 Å². The lowest BCUT2D eigenvalue weighted by Crippen LogP contribution is -2.27. The Kier molecular flexibility index (Phi) is 5.51. The molecule has 188 valence electrons. The van der Waals surface area contributed by atoms with Gasteiger partial charge in [-0.25, -0.2) is 4.68 Å². The Morgan fingerprint density at radius 1 is 1.19 bits per heavy atom. The molecule has 1 unspecified atom stereocenters. The highest BCUT2D eigenvalue weighted by Gasteiger charge is 2.35. The quantitative estimate of drug-likeness (QED) is 0.362. The first kappa shape index (κ1) is 23.3. The molecule has 0 saturated carbocycles. The van der Waals surface area contributed by atoms with Crippen molar-refractivity contribution in [3.05, 3.63) is 47.3 Å². The molecule has 9 nitrogen and oxygen atoms in total. The van der Waals surface area contributed by atoms with Crippen molar-refractivity contribution in [2.75, 3.05) is 13.2 Å². The molecule has 1 N–H and O–H groups in total. The summed E-state index contributed by atoms with van der Waals surface area (Å²) in [7, 11) is 1.90. The monoisotopic (exact) mass is 506 g/mol. The van der Waals surface area contributed by atoms with Gasteiger partial charge >= 0.3 is 0 Å². The number of nitrogens with zero attached hydrogens (tertiary/aromatic N) is 6. The van der Waals surface area contributed by atoms with E-state index < -0.39 is 5.60 Å². The molecule has 10 heteroatoms. The molecule has 6 heterocycles. The van der Waals surface area contributed by atoms with Crippen molar-refractivity contribution in [2.45, 2.75) is 52.2 Å². The molecule has 1 atom stereocenters. The summed E-state index contributed by atoms with van der Waals surface area (Å²) in [5, 5.41) is 19.6. The zero-order chi connectivity index (χ0) is 25.2. The average molecular weight is 507 g/mol. The van der Waals surface area contributed by atoms with Gasteiger partial charge in [-0.3, -0.25) is 4.98 Å². The Hall–Kier alpha value is -3.08. The molecule has 6 rings (SSSR count). The Morgan fingerprint density at radius 3 is 2.61 bits per heavy atom. The van der Waals surface area contributed by atoms with Crippen LogP contribution in [0.1, 0.15) is 55.4 Å². The summed E-state index contributed by atoms with van der Waals surface area (Å²) in [5.41, 5.74) is 6.21. The standard InChI is InChI=1S/C26H30N6O3S/c1-14-10-18(13-35-14)22(16-6-8-34-9-7-16)32-19-11-17(21-15(2)28-30-31(21)5)12-27-20(19)24-23(32)25(29-36-24)26(3,4)33/h10-13,16,22,33H,6-9H2,1-5H3. The lowest BCUT2D eigenvalue weighted by molar-refractivity contribution is 0.0547. The highest BCUT2D eigenvalue weighted by Crippen LogP contribution is 2.45. The van der Waals surface area contributed by atoms with Crippen LogP contribution in [0.25, 0.3) is 32.5 Å². The van der Waals surface area contributed by atoms with Crippen molar-refractivity contribution in [1.29, 1.82) is 0 Å². The van der Waals surface area contributed by atoms with Crippen LogP contribution in [-0.4, -0.2) is 47.2 Å². The van der Waals surface area contributed by atoms with Gasteiger partial charge in [0.1, 0.15) is 22.6 Å². The van der Waals surface area contributed by atoms with E-state index in [-0.39, 0.29) is 6.04 Å². The number of rotatable bonds is 5. The van der Waals surface area contributed by atoms with E-state index in [0.29, 0.717) is 11.6 Å². The molecule has 1 fully saturated rings. The molecule has 1 saturated heterocycles. The van der Waals surface area contributed by atoms with Crippen molar-refractivity contribution < 1.29 is 14.3 Å². The predicted octanol–water partition coefficient (Wildman–Crippen LogP) is 4.89. The number of aryl methyl sites for hydroxylation is 3. The minimum Gasteiger partial charge on any atom is -0.469 e. The highest BCUT2D eigenvalue weighted by atomic mass is 32.1. The number of pyridine rings is 1. The van der Waals surface area contributed by atoms with Crippen LogP contribution in [-0.2, 0) is 17.4 Å². The van der Waals surface area contributed by atoms with E-state index in [1.54, 1.807) is 18.5 Å². The molecule has 36 heavy (non-hydrogen) atoms. The maximum atomic E-state index is 11.1. The molecular formula is C26H30N6O3S. The largest absolute Gasteiger partial charge is 0.469 e. The van der Waals surface area contributed by atoms with Gasteiger partial charge in [-0.1, -0.05) is 5.21 Å². The molecule has 5 aromatic heterocycles. The van der Waals surface area contributed by atoms with Crippen LogP contribution in [0, 0.1) is 19.8 Å². The normalized spacial score (nSPS) is 16.4. The summed E-state index contributed by atoms with van der Waals surface area (Å²) < 4.78 is 21.4. The van der Waals surface area contributed by atoms with Crippen LogP contribution >= 0.6 is 11.5 Å². The third-order valence-electron chi connectivity index (χ3n) is 7.18. The van der Waals surface area contributed by atoms with Gasteiger partial charge in [0.25, 0.3) is 0 Å². The van der Waals surface area contributed by atoms with E-state index in [4.69, 9.17) is 18.5 Å². The summed E-state index contributed by atoms with van der Waals surface area (Å²) >= 11 is 1.39. The number of hydrogen-bond acceptors (Lipinski definition) is 8. The third kappa shape index (κ3) is 3.66. The fourth-order valence-electron chi connectivity index (χ4n) is 5.55. The van der Waals surface area contributed by atoms with Gasteiger partial charge in [0.15, 0.2) is 0 Å². The second kappa shape index (κ2) is 8.50. The molecule has 0 bridgehead atoms. The molecule has 0 aliphatic carbocycles. The highest BCUT2D eigenvalue weighted by molar-refractivity contribution is 7.14. The summed E-state index contributed by atoms with van der Waals surface area (Å²) in [4.78, 5) is 4.94. The lowest BCUT2D eigenvalue weighted by Gasteiger charge is -2.32. The van der Waals surface area contributed by atoms with Crippen LogP contribution in [0.2, 0.25) is 0 Å². The molecule has 5 aromatic rings. The van der Waals surface area contributed by atoms with Crippen LogP contribution in [0.15, 0.2) is 29.0 Å². The van der Waals surface area contributed by atoms with Crippen LogP contribution in [0.4, 0.5) is 0 Å². The van der Waals surface area contributed by atoms with Gasteiger partial charge in [-0.05, 0) is 70.1 Å². The first-order valence-corrected chi connectivity index (χ1v) is 13.0. The third-order valence-corrected chi connectivity index (χ3v) is 8.02. The fourth-order valence-corrected chi connectivity index (χ4v) is 6.57. The number of hydrogen-bond donors (Lipinski definition) is 1. The summed E-state index contributed by atoms with van der Waals surface area (Å²) in [6, 6.07) is 4.27. The van der Waals surface area contributed by atoms with E-state index in [9.17, 15) is 5.11 Å². The number of aliphatic hydroxyl groups is 1. The molecule has 0 aromatic carbocycles. The van der Waals surface area contributed by atoms with Crippen molar-refractivity contribution in [3.8, 4) is 11.3 Å². The molecule has 0 radical (unpaired) electrons. The van der Waals surface area contributed by atoms with Gasteiger partial charge < -0.3 is 18.8 Å². The molecule has 0 amide bonds. The van der Waals surface area contributed by atoms with E-state index in [0.717, 1.165) is 75.6 Å². The number of aromatic nitrogens is 6. The first-order chi connectivity index (χ1) is 17.2. The van der Waals surface area contributed by atoms with E-state index in [1.165, 1.54) is 11.5 Å².